The third kappa shape index (κ3) is 4.83. The molecule has 0 aliphatic rings. The SMILES string of the molecule is Cc1ccc(-c2nnc(SCC(=O)Nc3ccccc3F)n2-c2ccc(C)cc2)cc1. The van der Waals surface area contributed by atoms with Crippen LogP contribution in [0.1, 0.15) is 11.1 Å². The van der Waals surface area contributed by atoms with E-state index in [0.29, 0.717) is 11.0 Å². The van der Waals surface area contributed by atoms with E-state index in [1.165, 1.54) is 23.9 Å². The molecule has 0 radical (unpaired) electrons. The maximum absolute atomic E-state index is 13.8. The highest BCUT2D eigenvalue weighted by molar-refractivity contribution is 7.99. The summed E-state index contributed by atoms with van der Waals surface area (Å²) in [5, 5.41) is 11.9. The van der Waals surface area contributed by atoms with Crippen molar-refractivity contribution in [2.24, 2.45) is 0 Å². The molecule has 4 aromatic rings. The van der Waals surface area contributed by atoms with Crippen LogP contribution in [0.25, 0.3) is 17.1 Å². The van der Waals surface area contributed by atoms with Gasteiger partial charge in [0.15, 0.2) is 11.0 Å². The number of aromatic nitrogens is 3. The molecule has 0 bridgehead atoms. The van der Waals surface area contributed by atoms with Crippen LogP contribution in [0.5, 0.6) is 0 Å². The number of amides is 1. The largest absolute Gasteiger partial charge is 0.323 e. The summed E-state index contributed by atoms with van der Waals surface area (Å²) in [6.45, 7) is 4.06. The molecule has 4 rings (SSSR count). The number of nitrogens with one attached hydrogen (secondary N) is 1. The summed E-state index contributed by atoms with van der Waals surface area (Å²) in [6, 6.07) is 22.2. The maximum atomic E-state index is 13.8. The van der Waals surface area contributed by atoms with E-state index in [1.807, 2.05) is 66.9 Å². The fraction of sp³-hybridized carbons (Fsp3) is 0.125. The number of rotatable bonds is 6. The Morgan fingerprint density at radius 2 is 1.58 bits per heavy atom. The molecule has 3 aromatic carbocycles. The molecule has 0 saturated carbocycles. The van der Waals surface area contributed by atoms with Gasteiger partial charge in [0.1, 0.15) is 5.82 Å². The first kappa shape index (κ1) is 20.8. The van der Waals surface area contributed by atoms with Gasteiger partial charge in [-0.1, -0.05) is 71.4 Å². The molecule has 0 saturated heterocycles. The van der Waals surface area contributed by atoms with Gasteiger partial charge in [-0.05, 0) is 38.1 Å². The molecule has 1 heterocycles. The smallest absolute Gasteiger partial charge is 0.234 e. The third-order valence-corrected chi connectivity index (χ3v) is 5.64. The van der Waals surface area contributed by atoms with E-state index in [9.17, 15) is 9.18 Å². The normalized spacial score (nSPS) is 10.8. The van der Waals surface area contributed by atoms with Crippen LogP contribution in [0.4, 0.5) is 10.1 Å². The first-order valence-electron chi connectivity index (χ1n) is 9.78. The average molecular weight is 433 g/mol. The number of thioether (sulfide) groups is 1. The Bertz CT molecular complexity index is 1200. The number of benzene rings is 3. The number of aryl methyl sites for hydroxylation is 2. The van der Waals surface area contributed by atoms with E-state index in [0.717, 1.165) is 22.4 Å². The van der Waals surface area contributed by atoms with Crippen LogP contribution in [0.2, 0.25) is 0 Å². The number of carbonyl (C=O) groups is 1. The lowest BCUT2D eigenvalue weighted by molar-refractivity contribution is -0.113. The van der Waals surface area contributed by atoms with E-state index in [2.05, 4.69) is 15.5 Å². The van der Waals surface area contributed by atoms with Crippen LogP contribution in [-0.2, 0) is 4.79 Å². The van der Waals surface area contributed by atoms with Gasteiger partial charge in [-0.15, -0.1) is 10.2 Å². The van der Waals surface area contributed by atoms with Crippen LogP contribution >= 0.6 is 11.8 Å². The molecule has 1 amide bonds. The highest BCUT2D eigenvalue weighted by Gasteiger charge is 2.17. The minimum Gasteiger partial charge on any atom is -0.323 e. The second kappa shape index (κ2) is 9.14. The zero-order valence-electron chi connectivity index (χ0n) is 17.2. The second-order valence-corrected chi connectivity index (χ2v) is 8.10. The predicted octanol–water partition coefficient (Wildman–Crippen LogP) is 5.42. The summed E-state index contributed by atoms with van der Waals surface area (Å²) < 4.78 is 15.7. The van der Waals surface area contributed by atoms with Gasteiger partial charge < -0.3 is 5.32 Å². The first-order chi connectivity index (χ1) is 15.0. The van der Waals surface area contributed by atoms with Crippen molar-refractivity contribution < 1.29 is 9.18 Å². The van der Waals surface area contributed by atoms with Crippen LogP contribution in [0.3, 0.4) is 0 Å². The molecular formula is C24H21FN4OS. The second-order valence-electron chi connectivity index (χ2n) is 7.16. The van der Waals surface area contributed by atoms with Gasteiger partial charge >= 0.3 is 0 Å². The fourth-order valence-electron chi connectivity index (χ4n) is 3.06. The average Bonchev–Trinajstić information content (AvgIpc) is 3.19. The number of nitrogens with zero attached hydrogens (tertiary/aromatic N) is 3. The van der Waals surface area contributed by atoms with Crippen molar-refractivity contribution in [3.05, 3.63) is 89.7 Å². The minimum atomic E-state index is -0.467. The van der Waals surface area contributed by atoms with Gasteiger partial charge in [-0.25, -0.2) is 4.39 Å². The van der Waals surface area contributed by atoms with Gasteiger partial charge in [-0.2, -0.15) is 0 Å². The molecule has 156 valence electrons. The number of para-hydroxylation sites is 1. The highest BCUT2D eigenvalue weighted by Crippen LogP contribution is 2.28. The summed E-state index contributed by atoms with van der Waals surface area (Å²) in [6.07, 6.45) is 0. The summed E-state index contributed by atoms with van der Waals surface area (Å²) in [4.78, 5) is 12.4. The molecule has 1 N–H and O–H groups in total. The molecule has 0 spiro atoms. The molecular weight excluding hydrogens is 411 g/mol. The lowest BCUT2D eigenvalue weighted by Crippen LogP contribution is -2.15. The van der Waals surface area contributed by atoms with Gasteiger partial charge in [0.05, 0.1) is 11.4 Å². The Labute approximate surface area is 184 Å². The van der Waals surface area contributed by atoms with Gasteiger partial charge in [0, 0.05) is 11.3 Å². The number of hydrogen-bond donors (Lipinski definition) is 1. The molecule has 0 unspecified atom stereocenters. The van der Waals surface area contributed by atoms with Crippen LogP contribution in [-0.4, -0.2) is 26.4 Å². The van der Waals surface area contributed by atoms with E-state index in [4.69, 9.17) is 0 Å². The predicted molar refractivity (Wildman–Crippen MR) is 122 cm³/mol. The summed E-state index contributed by atoms with van der Waals surface area (Å²) >= 11 is 1.25. The van der Waals surface area contributed by atoms with Gasteiger partial charge in [0.2, 0.25) is 5.91 Å². The zero-order chi connectivity index (χ0) is 21.8. The Morgan fingerprint density at radius 3 is 2.26 bits per heavy atom. The van der Waals surface area contributed by atoms with Crippen LogP contribution < -0.4 is 5.32 Å². The summed E-state index contributed by atoms with van der Waals surface area (Å²) in [5.41, 5.74) is 4.30. The molecule has 5 nitrogen and oxygen atoms in total. The number of carbonyl (C=O) groups excluding carboxylic acids is 1. The molecule has 0 aliphatic heterocycles. The molecule has 0 atom stereocenters. The van der Waals surface area contributed by atoms with E-state index in [-0.39, 0.29) is 17.3 Å². The first-order valence-corrected chi connectivity index (χ1v) is 10.8. The lowest BCUT2D eigenvalue weighted by Gasteiger charge is -2.11. The van der Waals surface area contributed by atoms with Crippen molar-refractivity contribution in [1.82, 2.24) is 14.8 Å². The van der Waals surface area contributed by atoms with E-state index >= 15 is 0 Å². The quantitative estimate of drug-likeness (QED) is 0.413. The van der Waals surface area contributed by atoms with Gasteiger partial charge in [-0.3, -0.25) is 9.36 Å². The third-order valence-electron chi connectivity index (χ3n) is 4.72. The Morgan fingerprint density at radius 1 is 0.935 bits per heavy atom. The topological polar surface area (TPSA) is 59.8 Å². The molecule has 7 heteroatoms. The number of anilines is 1. The highest BCUT2D eigenvalue weighted by atomic mass is 32.2. The Kier molecular flexibility index (Phi) is 6.13. The van der Waals surface area contributed by atoms with Crippen LogP contribution in [0, 0.1) is 19.7 Å². The monoisotopic (exact) mass is 432 g/mol. The van der Waals surface area contributed by atoms with Crippen molar-refractivity contribution in [2.75, 3.05) is 11.1 Å². The standard InChI is InChI=1S/C24H21FN4OS/c1-16-7-11-18(12-8-16)23-27-28-24(29(23)19-13-9-17(2)10-14-19)31-15-22(30)26-21-6-4-3-5-20(21)25/h3-14H,15H2,1-2H3,(H,26,30). The van der Waals surface area contributed by atoms with E-state index in [1.54, 1.807) is 12.1 Å². The molecule has 31 heavy (non-hydrogen) atoms. The summed E-state index contributed by atoms with van der Waals surface area (Å²) in [5.74, 6) is -0.0108. The minimum absolute atomic E-state index is 0.0756. The Hall–Kier alpha value is -3.45. The molecule has 0 fully saturated rings. The van der Waals surface area contributed by atoms with Crippen molar-refractivity contribution >= 4 is 23.4 Å². The lowest BCUT2D eigenvalue weighted by atomic mass is 10.1. The van der Waals surface area contributed by atoms with Crippen molar-refractivity contribution in [2.45, 2.75) is 19.0 Å². The Balaban J connectivity index is 1.61. The van der Waals surface area contributed by atoms with Gasteiger partial charge in [0.25, 0.3) is 0 Å². The maximum Gasteiger partial charge on any atom is 0.234 e. The van der Waals surface area contributed by atoms with Crippen molar-refractivity contribution in [1.29, 1.82) is 0 Å². The van der Waals surface area contributed by atoms with Crippen LogP contribution in [0.15, 0.2) is 78.0 Å². The fourth-order valence-corrected chi connectivity index (χ4v) is 3.81. The molecule has 1 aromatic heterocycles. The number of halogens is 1. The number of hydrogen-bond acceptors (Lipinski definition) is 4. The molecule has 0 aliphatic carbocycles. The van der Waals surface area contributed by atoms with Crippen molar-refractivity contribution in [3.8, 4) is 17.1 Å². The van der Waals surface area contributed by atoms with E-state index < -0.39 is 5.82 Å². The van der Waals surface area contributed by atoms with Crippen molar-refractivity contribution in [3.63, 3.8) is 0 Å². The zero-order valence-corrected chi connectivity index (χ0v) is 18.0. The summed E-state index contributed by atoms with van der Waals surface area (Å²) in [7, 11) is 0.